The third kappa shape index (κ3) is 1.65. The zero-order valence-corrected chi connectivity index (χ0v) is 8.77. The summed E-state index contributed by atoms with van der Waals surface area (Å²) >= 11 is 0. The quantitative estimate of drug-likeness (QED) is 0.656. The summed E-state index contributed by atoms with van der Waals surface area (Å²) in [5, 5.41) is 4.60. The van der Waals surface area contributed by atoms with Crippen molar-refractivity contribution >= 4 is 22.3 Å². The Morgan fingerprint density at radius 1 is 0.812 bits per heavy atom. The first-order chi connectivity index (χ1) is 7.92. The van der Waals surface area contributed by atoms with Crippen molar-refractivity contribution in [1.29, 1.82) is 0 Å². The first-order valence-electron chi connectivity index (χ1n) is 5.31. The van der Waals surface area contributed by atoms with Crippen molar-refractivity contribution in [1.82, 2.24) is 4.98 Å². The van der Waals surface area contributed by atoms with Crippen molar-refractivity contribution in [2.24, 2.45) is 0 Å². The predicted molar refractivity (Wildman–Crippen MR) is 68.0 cm³/mol. The molecule has 0 saturated heterocycles. The molecule has 0 atom stereocenters. The van der Waals surface area contributed by atoms with Crippen LogP contribution in [0.15, 0.2) is 60.8 Å². The zero-order chi connectivity index (χ0) is 10.8. The number of fused-ring (bicyclic) bond motifs is 1. The maximum atomic E-state index is 3.37. The molecule has 2 heteroatoms. The van der Waals surface area contributed by atoms with E-state index in [1.54, 1.807) is 0 Å². The van der Waals surface area contributed by atoms with Crippen molar-refractivity contribution in [3.05, 3.63) is 60.8 Å². The molecule has 0 spiro atoms. The SMILES string of the molecule is c1ccc(Nc2ccc3cc[nH]c3c2)cc1. The first kappa shape index (κ1) is 9.04. The summed E-state index contributed by atoms with van der Waals surface area (Å²) < 4.78 is 0. The monoisotopic (exact) mass is 208 g/mol. The minimum atomic E-state index is 1.10. The van der Waals surface area contributed by atoms with Gasteiger partial charge in [0.15, 0.2) is 0 Å². The van der Waals surface area contributed by atoms with Crippen LogP contribution < -0.4 is 5.32 Å². The van der Waals surface area contributed by atoms with Crippen LogP contribution in [0, 0.1) is 0 Å². The highest BCUT2D eigenvalue weighted by molar-refractivity contribution is 5.83. The molecule has 1 aromatic heterocycles. The van der Waals surface area contributed by atoms with E-state index in [-0.39, 0.29) is 0 Å². The van der Waals surface area contributed by atoms with Gasteiger partial charge >= 0.3 is 0 Å². The molecule has 1 heterocycles. The molecular weight excluding hydrogens is 196 g/mol. The fourth-order valence-electron chi connectivity index (χ4n) is 1.81. The molecule has 0 aliphatic rings. The number of aromatic nitrogens is 1. The van der Waals surface area contributed by atoms with Crippen molar-refractivity contribution in [3.63, 3.8) is 0 Å². The lowest BCUT2D eigenvalue weighted by Gasteiger charge is -2.05. The molecule has 0 unspecified atom stereocenters. The summed E-state index contributed by atoms with van der Waals surface area (Å²) in [5.41, 5.74) is 3.36. The van der Waals surface area contributed by atoms with Crippen LogP contribution in [-0.4, -0.2) is 4.98 Å². The third-order valence-corrected chi connectivity index (χ3v) is 2.62. The number of para-hydroxylation sites is 1. The number of rotatable bonds is 2. The second-order valence-electron chi connectivity index (χ2n) is 3.77. The molecule has 2 aromatic carbocycles. The van der Waals surface area contributed by atoms with Crippen molar-refractivity contribution in [2.75, 3.05) is 5.32 Å². The molecule has 0 radical (unpaired) electrons. The van der Waals surface area contributed by atoms with E-state index in [1.807, 2.05) is 24.4 Å². The summed E-state index contributed by atoms with van der Waals surface area (Å²) in [6.07, 6.45) is 1.96. The van der Waals surface area contributed by atoms with E-state index < -0.39 is 0 Å². The number of hydrogen-bond donors (Lipinski definition) is 2. The molecule has 16 heavy (non-hydrogen) atoms. The summed E-state index contributed by atoms with van der Waals surface area (Å²) in [4.78, 5) is 3.21. The summed E-state index contributed by atoms with van der Waals surface area (Å²) in [6, 6.07) is 18.5. The maximum absolute atomic E-state index is 3.37. The second kappa shape index (κ2) is 3.74. The Bertz CT molecular complexity index is 596. The molecule has 3 rings (SSSR count). The minimum Gasteiger partial charge on any atom is -0.361 e. The molecule has 0 saturated carbocycles. The van der Waals surface area contributed by atoms with E-state index >= 15 is 0 Å². The Morgan fingerprint density at radius 3 is 2.56 bits per heavy atom. The third-order valence-electron chi connectivity index (χ3n) is 2.62. The van der Waals surface area contributed by atoms with E-state index in [0.29, 0.717) is 0 Å². The number of anilines is 2. The molecule has 0 aliphatic carbocycles. The molecule has 0 fully saturated rings. The molecule has 2 nitrogen and oxygen atoms in total. The number of aromatic amines is 1. The molecule has 0 bridgehead atoms. The van der Waals surface area contributed by atoms with Gasteiger partial charge in [-0.1, -0.05) is 24.3 Å². The fraction of sp³-hybridized carbons (Fsp3) is 0. The van der Waals surface area contributed by atoms with Crippen LogP contribution in [0.25, 0.3) is 10.9 Å². The Balaban J connectivity index is 1.94. The lowest BCUT2D eigenvalue weighted by molar-refractivity contribution is 1.47. The Hall–Kier alpha value is -2.22. The van der Waals surface area contributed by atoms with Crippen LogP contribution in [0.4, 0.5) is 11.4 Å². The van der Waals surface area contributed by atoms with Crippen molar-refractivity contribution in [2.45, 2.75) is 0 Å². The van der Waals surface area contributed by atoms with Crippen LogP contribution in [0.3, 0.4) is 0 Å². The smallest absolute Gasteiger partial charge is 0.0474 e. The molecule has 3 aromatic rings. The van der Waals surface area contributed by atoms with E-state index in [9.17, 15) is 0 Å². The second-order valence-corrected chi connectivity index (χ2v) is 3.77. The van der Waals surface area contributed by atoms with Gasteiger partial charge in [-0.2, -0.15) is 0 Å². The predicted octanol–water partition coefficient (Wildman–Crippen LogP) is 3.91. The normalized spacial score (nSPS) is 10.5. The van der Waals surface area contributed by atoms with Gasteiger partial charge in [-0.25, -0.2) is 0 Å². The lowest BCUT2D eigenvalue weighted by Crippen LogP contribution is -1.88. The number of nitrogens with one attached hydrogen (secondary N) is 2. The van der Waals surface area contributed by atoms with Crippen molar-refractivity contribution in [3.8, 4) is 0 Å². The molecule has 0 amide bonds. The maximum Gasteiger partial charge on any atom is 0.0474 e. The molecule has 0 aliphatic heterocycles. The number of hydrogen-bond acceptors (Lipinski definition) is 1. The van der Waals surface area contributed by atoms with E-state index in [1.165, 1.54) is 5.39 Å². The van der Waals surface area contributed by atoms with Gasteiger partial charge < -0.3 is 10.3 Å². The highest BCUT2D eigenvalue weighted by atomic mass is 14.9. The van der Waals surface area contributed by atoms with Crippen molar-refractivity contribution < 1.29 is 0 Å². The summed E-state index contributed by atoms with van der Waals surface area (Å²) in [5.74, 6) is 0. The van der Waals surface area contributed by atoms with Gasteiger partial charge in [0.1, 0.15) is 0 Å². The summed E-state index contributed by atoms with van der Waals surface area (Å²) in [7, 11) is 0. The van der Waals surface area contributed by atoms with E-state index in [0.717, 1.165) is 16.9 Å². The standard InChI is InChI=1S/C14H12N2/c1-2-4-12(5-3-1)16-13-7-6-11-8-9-15-14(11)10-13/h1-10,15-16H. The van der Waals surface area contributed by atoms with Crippen LogP contribution in [-0.2, 0) is 0 Å². The van der Waals surface area contributed by atoms with Crippen LogP contribution in [0.1, 0.15) is 0 Å². The fourth-order valence-corrected chi connectivity index (χ4v) is 1.81. The first-order valence-corrected chi connectivity index (χ1v) is 5.31. The molecular formula is C14H12N2. The molecule has 78 valence electrons. The molecule has 2 N–H and O–H groups in total. The van der Waals surface area contributed by atoms with Crippen LogP contribution in [0.5, 0.6) is 0 Å². The van der Waals surface area contributed by atoms with Gasteiger partial charge in [0.25, 0.3) is 0 Å². The highest BCUT2D eigenvalue weighted by Gasteiger charge is 1.97. The minimum absolute atomic E-state index is 1.10. The number of benzene rings is 2. The van der Waals surface area contributed by atoms with Gasteiger partial charge in [0.2, 0.25) is 0 Å². The topological polar surface area (TPSA) is 27.8 Å². The van der Waals surface area contributed by atoms with Gasteiger partial charge in [-0.15, -0.1) is 0 Å². The largest absolute Gasteiger partial charge is 0.361 e. The van der Waals surface area contributed by atoms with Gasteiger partial charge in [-0.05, 0) is 35.7 Å². The lowest BCUT2D eigenvalue weighted by atomic mass is 10.2. The summed E-state index contributed by atoms with van der Waals surface area (Å²) in [6.45, 7) is 0. The van der Waals surface area contributed by atoms with E-state index in [4.69, 9.17) is 0 Å². The van der Waals surface area contributed by atoms with Crippen LogP contribution >= 0.6 is 0 Å². The number of H-pyrrole nitrogens is 1. The highest BCUT2D eigenvalue weighted by Crippen LogP contribution is 2.21. The Labute approximate surface area is 93.9 Å². The van der Waals surface area contributed by atoms with Gasteiger partial charge in [-0.3, -0.25) is 0 Å². The van der Waals surface area contributed by atoms with Crippen LogP contribution in [0.2, 0.25) is 0 Å². The van der Waals surface area contributed by atoms with E-state index in [2.05, 4.69) is 46.7 Å². The Morgan fingerprint density at radius 2 is 1.69 bits per heavy atom. The zero-order valence-electron chi connectivity index (χ0n) is 8.77. The average molecular weight is 208 g/mol. The van der Waals surface area contributed by atoms with Gasteiger partial charge in [0.05, 0.1) is 0 Å². The van der Waals surface area contributed by atoms with Gasteiger partial charge in [0, 0.05) is 23.1 Å². The Kier molecular flexibility index (Phi) is 2.11. The average Bonchev–Trinajstić information content (AvgIpc) is 2.77.